The topological polar surface area (TPSA) is 58.6 Å². The first-order valence-electron chi connectivity index (χ1n) is 9.06. The van der Waals surface area contributed by atoms with E-state index in [4.69, 9.17) is 16.3 Å². The SMILES string of the molecule is COCCNC(=O)[C@@H]1CN(C(=O)c2ccc(Cl)cc2)C[C@H]1c1cccc(F)c1. The van der Waals surface area contributed by atoms with E-state index >= 15 is 0 Å². The molecule has 0 spiro atoms. The Kier molecular flexibility index (Phi) is 6.65. The van der Waals surface area contributed by atoms with E-state index in [0.29, 0.717) is 35.8 Å². The summed E-state index contributed by atoms with van der Waals surface area (Å²) in [5.41, 5.74) is 1.21. The second-order valence-corrected chi connectivity index (χ2v) is 7.21. The van der Waals surface area contributed by atoms with Crippen LogP contribution in [0.4, 0.5) is 4.39 Å². The van der Waals surface area contributed by atoms with Crippen LogP contribution < -0.4 is 5.32 Å². The summed E-state index contributed by atoms with van der Waals surface area (Å²) in [6.45, 7) is 1.39. The lowest BCUT2D eigenvalue weighted by molar-refractivity contribution is -0.125. The minimum atomic E-state index is -0.463. The van der Waals surface area contributed by atoms with Crippen LogP contribution in [0.25, 0.3) is 0 Å². The van der Waals surface area contributed by atoms with Crippen LogP contribution in [-0.4, -0.2) is 50.1 Å². The number of rotatable bonds is 6. The van der Waals surface area contributed by atoms with Gasteiger partial charge < -0.3 is 15.0 Å². The molecule has 28 heavy (non-hydrogen) atoms. The largest absolute Gasteiger partial charge is 0.383 e. The molecule has 0 bridgehead atoms. The number of hydrogen-bond acceptors (Lipinski definition) is 3. The highest BCUT2D eigenvalue weighted by Crippen LogP contribution is 2.34. The number of nitrogens with one attached hydrogen (secondary N) is 1. The van der Waals surface area contributed by atoms with E-state index in [2.05, 4.69) is 5.32 Å². The number of nitrogens with zero attached hydrogens (tertiary/aromatic N) is 1. The highest BCUT2D eigenvalue weighted by atomic mass is 35.5. The summed E-state index contributed by atoms with van der Waals surface area (Å²) in [4.78, 5) is 27.2. The monoisotopic (exact) mass is 404 g/mol. The van der Waals surface area contributed by atoms with Crippen LogP contribution in [0.15, 0.2) is 48.5 Å². The van der Waals surface area contributed by atoms with Crippen molar-refractivity contribution >= 4 is 23.4 Å². The van der Waals surface area contributed by atoms with Crippen LogP contribution in [0.5, 0.6) is 0 Å². The first kappa shape index (κ1) is 20.3. The Morgan fingerprint density at radius 2 is 1.96 bits per heavy atom. The Morgan fingerprint density at radius 1 is 1.21 bits per heavy atom. The van der Waals surface area contributed by atoms with Gasteiger partial charge in [0.05, 0.1) is 12.5 Å². The smallest absolute Gasteiger partial charge is 0.253 e. The van der Waals surface area contributed by atoms with Gasteiger partial charge in [0.1, 0.15) is 5.82 Å². The summed E-state index contributed by atoms with van der Waals surface area (Å²) in [6.07, 6.45) is 0. The molecule has 0 aliphatic carbocycles. The number of ether oxygens (including phenoxy) is 1. The third kappa shape index (κ3) is 4.69. The predicted molar refractivity (Wildman–Crippen MR) is 105 cm³/mol. The molecule has 2 aromatic carbocycles. The van der Waals surface area contributed by atoms with E-state index in [1.165, 1.54) is 12.1 Å². The van der Waals surface area contributed by atoms with Crippen molar-refractivity contribution in [2.45, 2.75) is 5.92 Å². The van der Waals surface area contributed by atoms with Crippen LogP contribution in [-0.2, 0) is 9.53 Å². The maximum Gasteiger partial charge on any atom is 0.253 e. The van der Waals surface area contributed by atoms with E-state index in [1.807, 2.05) is 0 Å². The lowest BCUT2D eigenvalue weighted by atomic mass is 9.88. The molecule has 2 aromatic rings. The molecular weight excluding hydrogens is 383 g/mol. The number of likely N-dealkylation sites (tertiary alicyclic amines) is 1. The number of amides is 2. The Hall–Kier alpha value is -2.44. The van der Waals surface area contributed by atoms with Gasteiger partial charge in [-0.15, -0.1) is 0 Å². The summed E-state index contributed by atoms with van der Waals surface area (Å²) in [5.74, 6) is -1.45. The number of hydrogen-bond donors (Lipinski definition) is 1. The Morgan fingerprint density at radius 3 is 2.64 bits per heavy atom. The zero-order valence-electron chi connectivity index (χ0n) is 15.5. The Labute approximate surface area is 168 Å². The second kappa shape index (κ2) is 9.17. The molecule has 2 amide bonds. The van der Waals surface area contributed by atoms with E-state index in [9.17, 15) is 14.0 Å². The maximum atomic E-state index is 13.7. The summed E-state index contributed by atoms with van der Waals surface area (Å²) in [6, 6.07) is 12.8. The average molecular weight is 405 g/mol. The molecule has 0 saturated carbocycles. The Bertz CT molecular complexity index is 844. The van der Waals surface area contributed by atoms with E-state index in [0.717, 1.165) is 0 Å². The van der Waals surface area contributed by atoms with Gasteiger partial charge in [-0.2, -0.15) is 0 Å². The zero-order valence-corrected chi connectivity index (χ0v) is 16.3. The molecule has 1 fully saturated rings. The van der Waals surface area contributed by atoms with Gasteiger partial charge in [0.2, 0.25) is 5.91 Å². The van der Waals surface area contributed by atoms with Gasteiger partial charge in [0.15, 0.2) is 0 Å². The molecule has 1 saturated heterocycles. The van der Waals surface area contributed by atoms with Crippen LogP contribution >= 0.6 is 11.6 Å². The maximum absolute atomic E-state index is 13.7. The minimum Gasteiger partial charge on any atom is -0.383 e. The highest BCUT2D eigenvalue weighted by Gasteiger charge is 2.40. The normalized spacial score (nSPS) is 18.9. The van der Waals surface area contributed by atoms with Crippen molar-refractivity contribution in [2.75, 3.05) is 33.4 Å². The van der Waals surface area contributed by atoms with E-state index in [-0.39, 0.29) is 30.1 Å². The minimum absolute atomic E-state index is 0.169. The molecule has 0 aromatic heterocycles. The molecule has 1 aliphatic rings. The van der Waals surface area contributed by atoms with Crippen molar-refractivity contribution in [3.8, 4) is 0 Å². The van der Waals surface area contributed by atoms with E-state index in [1.54, 1.807) is 48.4 Å². The fraction of sp³-hybridized carbons (Fsp3) is 0.333. The second-order valence-electron chi connectivity index (χ2n) is 6.77. The number of carbonyl (C=O) groups excluding carboxylic acids is 2. The van der Waals surface area contributed by atoms with Crippen molar-refractivity contribution in [1.29, 1.82) is 0 Å². The number of carbonyl (C=O) groups is 2. The molecule has 0 radical (unpaired) electrons. The molecular formula is C21H22ClFN2O3. The van der Waals surface area contributed by atoms with Crippen molar-refractivity contribution in [3.05, 3.63) is 70.5 Å². The summed E-state index contributed by atoms with van der Waals surface area (Å²) in [5, 5.41) is 3.38. The highest BCUT2D eigenvalue weighted by molar-refractivity contribution is 6.30. The quantitative estimate of drug-likeness (QED) is 0.753. The van der Waals surface area contributed by atoms with Gasteiger partial charge in [-0.25, -0.2) is 4.39 Å². The number of benzene rings is 2. The molecule has 5 nitrogen and oxygen atoms in total. The van der Waals surface area contributed by atoms with Crippen molar-refractivity contribution in [3.63, 3.8) is 0 Å². The molecule has 1 heterocycles. The lowest BCUT2D eigenvalue weighted by Gasteiger charge is -2.18. The van der Waals surface area contributed by atoms with Crippen molar-refractivity contribution in [1.82, 2.24) is 10.2 Å². The standard InChI is InChI=1S/C21H22ClFN2O3/c1-28-10-9-24-20(26)19-13-25(21(27)14-5-7-16(22)8-6-14)12-18(19)15-3-2-4-17(23)11-15/h2-8,11,18-19H,9-10,12-13H2,1H3,(H,24,26)/t18-,19+/m0/s1. The van der Waals surface area contributed by atoms with Crippen LogP contribution in [0.3, 0.4) is 0 Å². The van der Waals surface area contributed by atoms with Gasteiger partial charge in [-0.05, 0) is 42.0 Å². The van der Waals surface area contributed by atoms with Crippen molar-refractivity contribution < 1.29 is 18.7 Å². The molecule has 148 valence electrons. The zero-order chi connectivity index (χ0) is 20.1. The first-order valence-corrected chi connectivity index (χ1v) is 9.44. The van der Waals surface area contributed by atoms with E-state index < -0.39 is 5.92 Å². The molecule has 2 atom stereocenters. The number of halogens is 2. The van der Waals surface area contributed by atoms with Gasteiger partial charge in [-0.1, -0.05) is 23.7 Å². The van der Waals surface area contributed by atoms with Crippen molar-refractivity contribution in [2.24, 2.45) is 5.92 Å². The fourth-order valence-electron chi connectivity index (χ4n) is 3.49. The third-order valence-corrected chi connectivity index (χ3v) is 5.17. The summed E-state index contributed by atoms with van der Waals surface area (Å²) >= 11 is 5.90. The third-order valence-electron chi connectivity index (χ3n) is 4.92. The molecule has 3 rings (SSSR count). The average Bonchev–Trinajstić information content (AvgIpc) is 3.14. The van der Waals surface area contributed by atoms with Gasteiger partial charge in [0.25, 0.3) is 5.91 Å². The van der Waals surface area contributed by atoms with Gasteiger partial charge in [0, 0.05) is 43.2 Å². The fourth-order valence-corrected chi connectivity index (χ4v) is 3.62. The number of methoxy groups -OCH3 is 1. The Balaban J connectivity index is 1.82. The van der Waals surface area contributed by atoms with Crippen LogP contribution in [0, 0.1) is 11.7 Å². The van der Waals surface area contributed by atoms with Crippen LogP contribution in [0.1, 0.15) is 21.8 Å². The van der Waals surface area contributed by atoms with Gasteiger partial charge in [-0.3, -0.25) is 9.59 Å². The summed E-state index contributed by atoms with van der Waals surface area (Å²) in [7, 11) is 1.56. The molecule has 1 aliphatic heterocycles. The molecule has 1 N–H and O–H groups in total. The molecule has 7 heteroatoms. The lowest BCUT2D eigenvalue weighted by Crippen LogP contribution is -2.37. The first-order chi connectivity index (χ1) is 13.5. The van der Waals surface area contributed by atoms with Gasteiger partial charge >= 0.3 is 0 Å². The summed E-state index contributed by atoms with van der Waals surface area (Å²) < 4.78 is 18.7. The predicted octanol–water partition coefficient (Wildman–Crippen LogP) is 3.10. The molecule has 0 unspecified atom stereocenters. The van der Waals surface area contributed by atoms with Crippen LogP contribution in [0.2, 0.25) is 5.02 Å².